The minimum absolute atomic E-state index is 0.00193. The van der Waals surface area contributed by atoms with Crippen LogP contribution in [0.5, 0.6) is 0 Å². The van der Waals surface area contributed by atoms with Crippen molar-refractivity contribution in [2.75, 3.05) is 27.4 Å². The van der Waals surface area contributed by atoms with Crippen LogP contribution in [-0.4, -0.2) is 77.7 Å². The smallest absolute Gasteiger partial charge is 0.321 e. The molecule has 1 saturated heterocycles. The second-order valence-corrected chi connectivity index (χ2v) is 6.62. The van der Waals surface area contributed by atoms with Gasteiger partial charge in [-0.25, -0.2) is 4.90 Å². The number of hydrogen-bond acceptors (Lipinski definition) is 7. The number of esters is 1. The molecule has 2 heterocycles. The third kappa shape index (κ3) is 3.45. The Kier molecular flexibility index (Phi) is 5.04. The van der Waals surface area contributed by atoms with Gasteiger partial charge in [0.25, 0.3) is 17.7 Å². The molecule has 1 unspecified atom stereocenters. The Morgan fingerprint density at radius 3 is 2.26 bits per heavy atom. The molecule has 0 aliphatic carbocycles. The first kappa shape index (κ1) is 18.7. The van der Waals surface area contributed by atoms with Crippen LogP contribution in [0.2, 0.25) is 0 Å². The van der Waals surface area contributed by atoms with Crippen molar-refractivity contribution in [1.82, 2.24) is 14.7 Å². The molecule has 0 bridgehead atoms. The van der Waals surface area contributed by atoms with E-state index in [0.29, 0.717) is 0 Å². The summed E-state index contributed by atoms with van der Waals surface area (Å²) < 4.78 is 4.97. The number of carbonyl (C=O) groups excluding carboxylic acids is 5. The number of imide groups is 2. The van der Waals surface area contributed by atoms with Crippen LogP contribution in [0.25, 0.3) is 0 Å². The summed E-state index contributed by atoms with van der Waals surface area (Å²) in [5, 5.41) is 0. The largest absolute Gasteiger partial charge is 0.443 e. The quantitative estimate of drug-likeness (QED) is 0.523. The summed E-state index contributed by atoms with van der Waals surface area (Å²) in [7, 11) is 3.35. The van der Waals surface area contributed by atoms with Crippen molar-refractivity contribution in [3.8, 4) is 0 Å². The van der Waals surface area contributed by atoms with Gasteiger partial charge in [-0.3, -0.25) is 33.8 Å². The lowest BCUT2D eigenvalue weighted by atomic mass is 10.0. The van der Waals surface area contributed by atoms with Crippen LogP contribution < -0.4 is 0 Å². The molecule has 1 aromatic rings. The summed E-state index contributed by atoms with van der Waals surface area (Å²) >= 11 is 0. The van der Waals surface area contributed by atoms with E-state index >= 15 is 0 Å². The van der Waals surface area contributed by atoms with Crippen molar-refractivity contribution in [3.63, 3.8) is 0 Å². The molecule has 2 aliphatic rings. The maximum Gasteiger partial charge on any atom is 0.321 e. The summed E-state index contributed by atoms with van der Waals surface area (Å²) in [6, 6.07) is 5.22. The molecule has 3 rings (SSSR count). The van der Waals surface area contributed by atoms with E-state index in [4.69, 9.17) is 4.74 Å². The fraction of sp³-hybridized carbons (Fsp3) is 0.389. The first-order valence-corrected chi connectivity index (χ1v) is 8.42. The van der Waals surface area contributed by atoms with Gasteiger partial charge in [-0.15, -0.1) is 0 Å². The number of rotatable bonds is 5. The summed E-state index contributed by atoms with van der Waals surface area (Å²) in [5.74, 6) is -2.95. The summed E-state index contributed by atoms with van der Waals surface area (Å²) in [6.45, 7) is -0.540. The molecular formula is C18H19N3O6. The van der Waals surface area contributed by atoms with Gasteiger partial charge >= 0.3 is 5.97 Å². The van der Waals surface area contributed by atoms with Gasteiger partial charge in [0.05, 0.1) is 17.7 Å². The van der Waals surface area contributed by atoms with E-state index in [0.717, 1.165) is 9.80 Å². The van der Waals surface area contributed by atoms with Gasteiger partial charge in [-0.05, 0) is 32.6 Å². The average molecular weight is 373 g/mol. The highest BCUT2D eigenvalue weighted by atomic mass is 16.5. The van der Waals surface area contributed by atoms with Gasteiger partial charge in [0, 0.05) is 6.42 Å². The fourth-order valence-electron chi connectivity index (χ4n) is 3.13. The second-order valence-electron chi connectivity index (χ2n) is 6.62. The molecule has 0 aromatic heterocycles. The lowest BCUT2D eigenvalue weighted by Crippen LogP contribution is -2.56. The number of piperidine rings is 1. The van der Waals surface area contributed by atoms with E-state index in [-0.39, 0.29) is 30.5 Å². The van der Waals surface area contributed by atoms with Gasteiger partial charge < -0.3 is 4.74 Å². The first-order valence-electron chi connectivity index (χ1n) is 8.42. The minimum Gasteiger partial charge on any atom is -0.443 e. The highest BCUT2D eigenvalue weighted by Gasteiger charge is 2.47. The predicted molar refractivity (Wildman–Crippen MR) is 91.3 cm³/mol. The van der Waals surface area contributed by atoms with Gasteiger partial charge in [0.2, 0.25) is 5.91 Å². The van der Waals surface area contributed by atoms with Crippen LogP contribution in [-0.2, 0) is 19.1 Å². The van der Waals surface area contributed by atoms with Crippen LogP contribution in [0.1, 0.15) is 33.6 Å². The van der Waals surface area contributed by atoms with Crippen molar-refractivity contribution in [3.05, 3.63) is 35.4 Å². The third-order valence-corrected chi connectivity index (χ3v) is 4.42. The number of carbonyl (C=O) groups is 5. The molecular weight excluding hydrogens is 354 g/mol. The van der Waals surface area contributed by atoms with Gasteiger partial charge in [-0.2, -0.15) is 0 Å². The van der Waals surface area contributed by atoms with Crippen molar-refractivity contribution < 1.29 is 28.7 Å². The molecule has 27 heavy (non-hydrogen) atoms. The maximum absolute atomic E-state index is 12.8. The van der Waals surface area contributed by atoms with Gasteiger partial charge in [-0.1, -0.05) is 12.1 Å². The predicted octanol–water partition coefficient (Wildman–Crippen LogP) is -0.137. The number of hydrogen-bond donors (Lipinski definition) is 0. The molecule has 1 aromatic carbocycles. The van der Waals surface area contributed by atoms with Crippen LogP contribution in [0.3, 0.4) is 0 Å². The molecule has 0 saturated carbocycles. The molecule has 9 heteroatoms. The monoisotopic (exact) mass is 373 g/mol. The first-order chi connectivity index (χ1) is 12.8. The Labute approximate surface area is 155 Å². The lowest BCUT2D eigenvalue weighted by molar-refractivity contribution is -0.164. The molecule has 142 valence electrons. The number of likely N-dealkylation sites (N-methyl/N-ethyl adjacent to an activating group) is 1. The van der Waals surface area contributed by atoms with E-state index in [9.17, 15) is 24.0 Å². The van der Waals surface area contributed by atoms with Gasteiger partial charge in [0.1, 0.15) is 6.04 Å². The second kappa shape index (κ2) is 7.28. The molecule has 0 N–H and O–H groups in total. The molecule has 1 fully saturated rings. The summed E-state index contributed by atoms with van der Waals surface area (Å²) in [4.78, 5) is 65.0. The average Bonchev–Trinajstić information content (AvgIpc) is 2.86. The number of benzene rings is 1. The molecule has 2 aliphatic heterocycles. The van der Waals surface area contributed by atoms with E-state index in [1.54, 1.807) is 31.1 Å². The molecule has 4 amide bonds. The number of ether oxygens (including phenoxy) is 1. The lowest BCUT2D eigenvalue weighted by Gasteiger charge is -2.34. The Morgan fingerprint density at radius 1 is 1.11 bits per heavy atom. The number of likely N-dealkylation sites (tertiary alicyclic amines) is 1. The highest BCUT2D eigenvalue weighted by Crippen LogP contribution is 2.28. The zero-order valence-corrected chi connectivity index (χ0v) is 15.0. The Morgan fingerprint density at radius 2 is 1.70 bits per heavy atom. The summed E-state index contributed by atoms with van der Waals surface area (Å²) in [6.07, 6.45) is 0.0142. The highest BCUT2D eigenvalue weighted by molar-refractivity contribution is 6.23. The van der Waals surface area contributed by atoms with Crippen LogP contribution in [0, 0.1) is 0 Å². The SMILES string of the molecule is CN(C)CC(=O)OCN1C(=O)CCC(N2C(=O)c3ccccc3C2=O)C1=O. The topological polar surface area (TPSA) is 104 Å². The maximum atomic E-state index is 12.8. The zero-order chi connectivity index (χ0) is 19.7. The molecule has 0 spiro atoms. The van der Waals surface area contributed by atoms with Crippen LogP contribution in [0.15, 0.2) is 24.3 Å². The van der Waals surface area contributed by atoms with Crippen molar-refractivity contribution in [1.29, 1.82) is 0 Å². The Hall–Kier alpha value is -3.07. The molecule has 0 radical (unpaired) electrons. The minimum atomic E-state index is -1.09. The number of fused-ring (bicyclic) bond motifs is 1. The van der Waals surface area contributed by atoms with Crippen LogP contribution in [0.4, 0.5) is 0 Å². The zero-order valence-electron chi connectivity index (χ0n) is 15.0. The van der Waals surface area contributed by atoms with Crippen molar-refractivity contribution in [2.24, 2.45) is 0 Å². The normalized spacial score (nSPS) is 19.7. The third-order valence-electron chi connectivity index (χ3n) is 4.42. The summed E-state index contributed by atoms with van der Waals surface area (Å²) in [5.41, 5.74) is 0.465. The van der Waals surface area contributed by atoms with Crippen LogP contribution >= 0.6 is 0 Å². The van der Waals surface area contributed by atoms with E-state index < -0.39 is 42.4 Å². The van der Waals surface area contributed by atoms with Crippen molar-refractivity contribution in [2.45, 2.75) is 18.9 Å². The molecule has 1 atom stereocenters. The Balaban J connectivity index is 1.75. The number of nitrogens with zero attached hydrogens (tertiary/aromatic N) is 3. The van der Waals surface area contributed by atoms with Gasteiger partial charge in [0.15, 0.2) is 6.73 Å². The standard InChI is InChI=1S/C18H19N3O6/c1-19(2)9-15(23)27-10-20-14(22)8-7-13(18(20)26)21-16(24)11-5-3-4-6-12(11)17(21)25/h3-6,13H,7-10H2,1-2H3. The van der Waals surface area contributed by atoms with E-state index in [1.807, 2.05) is 0 Å². The van der Waals surface area contributed by atoms with Crippen molar-refractivity contribution >= 4 is 29.6 Å². The number of amides is 4. The van der Waals surface area contributed by atoms with E-state index in [1.165, 1.54) is 12.1 Å². The van der Waals surface area contributed by atoms with E-state index in [2.05, 4.69) is 0 Å². The molecule has 9 nitrogen and oxygen atoms in total. The Bertz CT molecular complexity index is 799. The fourth-order valence-corrected chi connectivity index (χ4v) is 3.13.